The van der Waals surface area contributed by atoms with Gasteiger partial charge in [-0.15, -0.1) is 0 Å². The highest BCUT2D eigenvalue weighted by atomic mass is 32.2. The lowest BCUT2D eigenvalue weighted by atomic mass is 9.95. The Morgan fingerprint density at radius 1 is 1.35 bits per heavy atom. The third-order valence-electron chi connectivity index (χ3n) is 3.97. The fourth-order valence-electron chi connectivity index (χ4n) is 2.74. The van der Waals surface area contributed by atoms with Crippen molar-refractivity contribution < 1.29 is 13.2 Å². The van der Waals surface area contributed by atoms with Crippen LogP contribution in [0.4, 0.5) is 0 Å². The molecule has 1 heterocycles. The van der Waals surface area contributed by atoms with Crippen LogP contribution in [-0.2, 0) is 14.6 Å². The number of sulfone groups is 1. The molecule has 1 aliphatic heterocycles. The van der Waals surface area contributed by atoms with Crippen LogP contribution in [0.5, 0.6) is 0 Å². The first-order chi connectivity index (χ1) is 9.43. The summed E-state index contributed by atoms with van der Waals surface area (Å²) in [5, 5.41) is -0.403. The third kappa shape index (κ3) is 3.20. The van der Waals surface area contributed by atoms with E-state index in [4.69, 9.17) is 0 Å². The molecule has 20 heavy (non-hydrogen) atoms. The predicted octanol–water partition coefficient (Wildman–Crippen LogP) is 1.83. The first kappa shape index (κ1) is 15.0. The average molecular weight is 295 g/mol. The van der Waals surface area contributed by atoms with Gasteiger partial charge in [0.25, 0.3) is 0 Å². The Kier molecular flexibility index (Phi) is 4.48. The van der Waals surface area contributed by atoms with Gasteiger partial charge in [-0.2, -0.15) is 0 Å². The molecule has 1 aromatic carbocycles. The number of carbonyl (C=O) groups is 1. The van der Waals surface area contributed by atoms with Crippen molar-refractivity contribution in [1.82, 2.24) is 4.90 Å². The van der Waals surface area contributed by atoms with E-state index in [0.29, 0.717) is 19.5 Å². The molecule has 0 aromatic heterocycles. The molecule has 110 valence electrons. The summed E-state index contributed by atoms with van der Waals surface area (Å²) >= 11 is 0. The number of rotatable bonds is 4. The minimum absolute atomic E-state index is 0.0462. The lowest BCUT2D eigenvalue weighted by Gasteiger charge is -2.23. The van der Waals surface area contributed by atoms with Gasteiger partial charge in [0.15, 0.2) is 9.84 Å². The van der Waals surface area contributed by atoms with Crippen LogP contribution < -0.4 is 0 Å². The van der Waals surface area contributed by atoms with Gasteiger partial charge in [0, 0.05) is 19.3 Å². The molecule has 0 aliphatic carbocycles. The summed E-state index contributed by atoms with van der Waals surface area (Å²) in [5.41, 5.74) is 1.00. The predicted molar refractivity (Wildman–Crippen MR) is 79.3 cm³/mol. The van der Waals surface area contributed by atoms with E-state index >= 15 is 0 Å². The van der Waals surface area contributed by atoms with Crippen LogP contribution in [0.25, 0.3) is 0 Å². The van der Waals surface area contributed by atoms with Crippen molar-refractivity contribution in [2.24, 2.45) is 0 Å². The van der Waals surface area contributed by atoms with Gasteiger partial charge in [-0.05, 0) is 18.4 Å². The van der Waals surface area contributed by atoms with Crippen LogP contribution in [0.1, 0.15) is 31.2 Å². The lowest BCUT2D eigenvalue weighted by molar-refractivity contribution is -0.131. The molecule has 5 heteroatoms. The largest absolute Gasteiger partial charge is 0.341 e. The maximum absolute atomic E-state index is 12.6. The lowest BCUT2D eigenvalue weighted by Crippen LogP contribution is -2.35. The van der Waals surface area contributed by atoms with Crippen LogP contribution in [0.3, 0.4) is 0 Å². The van der Waals surface area contributed by atoms with Crippen molar-refractivity contribution in [1.29, 1.82) is 0 Å². The Balaban J connectivity index is 2.11. The van der Waals surface area contributed by atoms with Crippen molar-refractivity contribution in [2.75, 3.05) is 19.3 Å². The second-order valence-electron chi connectivity index (χ2n) is 5.40. The number of likely N-dealkylation sites (tertiary alicyclic amines) is 1. The van der Waals surface area contributed by atoms with Gasteiger partial charge in [-0.3, -0.25) is 4.79 Å². The first-order valence-electron chi connectivity index (χ1n) is 6.96. The van der Waals surface area contributed by atoms with Gasteiger partial charge in [-0.1, -0.05) is 37.3 Å². The Morgan fingerprint density at radius 2 is 2.00 bits per heavy atom. The molecule has 0 saturated carbocycles. The van der Waals surface area contributed by atoms with Gasteiger partial charge in [0.1, 0.15) is 0 Å². The van der Waals surface area contributed by atoms with Crippen LogP contribution in [0.2, 0.25) is 0 Å². The van der Waals surface area contributed by atoms with Gasteiger partial charge >= 0.3 is 0 Å². The molecule has 1 aromatic rings. The maximum Gasteiger partial charge on any atom is 0.230 e. The van der Waals surface area contributed by atoms with Crippen molar-refractivity contribution >= 4 is 15.7 Å². The number of nitrogens with zero attached hydrogens (tertiary/aromatic N) is 1. The van der Waals surface area contributed by atoms with Gasteiger partial charge in [0.2, 0.25) is 5.91 Å². The van der Waals surface area contributed by atoms with E-state index in [1.807, 2.05) is 37.3 Å². The van der Waals surface area contributed by atoms with E-state index < -0.39 is 15.1 Å². The van der Waals surface area contributed by atoms with Gasteiger partial charge < -0.3 is 4.90 Å². The minimum atomic E-state index is -3.06. The fraction of sp³-hybridized carbons (Fsp3) is 0.533. The van der Waals surface area contributed by atoms with Gasteiger partial charge in [-0.25, -0.2) is 8.42 Å². The van der Waals surface area contributed by atoms with E-state index in [0.717, 1.165) is 12.0 Å². The monoisotopic (exact) mass is 295 g/mol. The Bertz CT molecular complexity index is 568. The molecule has 0 bridgehead atoms. The number of carbonyl (C=O) groups excluding carboxylic acids is 1. The molecule has 0 radical (unpaired) electrons. The highest BCUT2D eigenvalue weighted by Crippen LogP contribution is 2.25. The summed E-state index contributed by atoms with van der Waals surface area (Å²) in [6.07, 6.45) is 2.53. The molecule has 1 fully saturated rings. The summed E-state index contributed by atoms with van der Waals surface area (Å²) in [5.74, 6) is -0.126. The molecular weight excluding hydrogens is 274 g/mol. The zero-order chi connectivity index (χ0) is 14.8. The number of amides is 1. The normalized spacial score (nSPS) is 20.9. The quantitative estimate of drug-likeness (QED) is 0.851. The van der Waals surface area contributed by atoms with Crippen LogP contribution >= 0.6 is 0 Å². The minimum Gasteiger partial charge on any atom is -0.341 e. The summed E-state index contributed by atoms with van der Waals surface area (Å²) < 4.78 is 23.1. The van der Waals surface area contributed by atoms with Crippen LogP contribution in [0.15, 0.2) is 30.3 Å². The van der Waals surface area contributed by atoms with E-state index in [1.165, 1.54) is 6.26 Å². The Morgan fingerprint density at radius 3 is 2.50 bits per heavy atom. The van der Waals surface area contributed by atoms with Crippen LogP contribution in [0, 0.1) is 0 Å². The van der Waals surface area contributed by atoms with Crippen molar-refractivity contribution in [3.63, 3.8) is 0 Å². The third-order valence-corrected chi connectivity index (χ3v) is 5.57. The first-order valence-corrected chi connectivity index (χ1v) is 8.91. The Hall–Kier alpha value is -1.36. The smallest absolute Gasteiger partial charge is 0.230 e. The molecule has 1 aliphatic rings. The molecule has 2 unspecified atom stereocenters. The zero-order valence-electron chi connectivity index (χ0n) is 12.0. The zero-order valence-corrected chi connectivity index (χ0v) is 12.8. The standard InChI is InChI=1S/C15H21NO3S/c1-3-14(12-7-5-4-6-8-12)15(17)16-10-9-13(11-16)20(2,18)19/h4-8,13-14H,3,9-11H2,1-2H3. The number of hydrogen-bond donors (Lipinski definition) is 0. The van der Waals surface area contributed by atoms with Crippen molar-refractivity contribution in [3.8, 4) is 0 Å². The molecule has 4 nitrogen and oxygen atoms in total. The average Bonchev–Trinajstić information content (AvgIpc) is 2.90. The molecule has 0 N–H and O–H groups in total. The van der Waals surface area contributed by atoms with E-state index in [2.05, 4.69) is 0 Å². The summed E-state index contributed by atoms with van der Waals surface area (Å²) in [6, 6.07) is 9.69. The summed E-state index contributed by atoms with van der Waals surface area (Å²) in [6.45, 7) is 2.86. The highest BCUT2D eigenvalue weighted by Gasteiger charge is 2.35. The fourth-order valence-corrected chi connectivity index (χ4v) is 3.72. The molecule has 2 rings (SSSR count). The van der Waals surface area contributed by atoms with E-state index in [9.17, 15) is 13.2 Å². The van der Waals surface area contributed by atoms with Crippen molar-refractivity contribution in [3.05, 3.63) is 35.9 Å². The summed E-state index contributed by atoms with van der Waals surface area (Å²) in [4.78, 5) is 14.3. The van der Waals surface area contributed by atoms with Gasteiger partial charge in [0.05, 0.1) is 11.2 Å². The molecule has 2 atom stereocenters. The van der Waals surface area contributed by atoms with E-state index in [-0.39, 0.29) is 11.8 Å². The highest BCUT2D eigenvalue weighted by molar-refractivity contribution is 7.91. The number of benzene rings is 1. The molecule has 1 saturated heterocycles. The molecule has 1 amide bonds. The number of hydrogen-bond acceptors (Lipinski definition) is 3. The molecular formula is C15H21NO3S. The maximum atomic E-state index is 12.6. The van der Waals surface area contributed by atoms with Crippen molar-refractivity contribution in [2.45, 2.75) is 30.9 Å². The Labute approximate surface area is 120 Å². The van der Waals surface area contributed by atoms with E-state index in [1.54, 1.807) is 4.90 Å². The van der Waals surface area contributed by atoms with Crippen LogP contribution in [-0.4, -0.2) is 43.8 Å². The second-order valence-corrected chi connectivity index (χ2v) is 7.72. The SMILES string of the molecule is CCC(C(=O)N1CCC(S(C)(=O)=O)C1)c1ccccc1. The topological polar surface area (TPSA) is 54.5 Å². The second kappa shape index (κ2) is 5.95. The molecule has 0 spiro atoms. The summed E-state index contributed by atoms with van der Waals surface area (Å²) in [7, 11) is -3.06.